The number of ether oxygens (including phenoxy) is 1. The van der Waals surface area contributed by atoms with E-state index >= 15 is 0 Å². The minimum atomic E-state index is -0.166. The van der Waals surface area contributed by atoms with Crippen LogP contribution in [0.3, 0.4) is 0 Å². The van der Waals surface area contributed by atoms with E-state index in [1.165, 1.54) is 5.56 Å². The van der Waals surface area contributed by atoms with E-state index in [1.54, 1.807) is 0 Å². The minimum absolute atomic E-state index is 0. The summed E-state index contributed by atoms with van der Waals surface area (Å²) >= 11 is 0. The number of aryl methyl sites for hydroxylation is 1. The summed E-state index contributed by atoms with van der Waals surface area (Å²) in [5.41, 5.74) is 8.91. The molecule has 1 aromatic carbocycles. The Morgan fingerprint density at radius 2 is 2.21 bits per heavy atom. The molecular formula is C14H21ClN2O2. The van der Waals surface area contributed by atoms with Crippen LogP contribution in [-0.2, 0) is 4.79 Å². The number of amides is 1. The summed E-state index contributed by atoms with van der Waals surface area (Å²) in [6, 6.07) is 4.04. The third-order valence-corrected chi connectivity index (χ3v) is 3.59. The molecule has 1 aromatic rings. The van der Waals surface area contributed by atoms with E-state index in [9.17, 15) is 4.79 Å². The molecule has 2 unspecified atom stereocenters. The number of carbonyl (C=O) groups is 1. The molecule has 19 heavy (non-hydrogen) atoms. The molecule has 2 rings (SSSR count). The lowest BCUT2D eigenvalue weighted by molar-refractivity contribution is -0.125. The monoisotopic (exact) mass is 284 g/mol. The summed E-state index contributed by atoms with van der Waals surface area (Å²) in [5.74, 6) is 0.735. The zero-order chi connectivity index (χ0) is 13.3. The molecule has 3 N–H and O–H groups in total. The van der Waals surface area contributed by atoms with E-state index < -0.39 is 0 Å². The van der Waals surface area contributed by atoms with E-state index in [4.69, 9.17) is 10.5 Å². The van der Waals surface area contributed by atoms with Crippen LogP contribution < -0.4 is 15.8 Å². The number of fused-ring (bicyclic) bond motifs is 1. The molecule has 1 aliphatic rings. The maximum absolute atomic E-state index is 11.8. The molecule has 5 heteroatoms. The lowest BCUT2D eigenvalue weighted by atomic mass is 10.0. The van der Waals surface area contributed by atoms with Crippen molar-refractivity contribution in [3.63, 3.8) is 0 Å². The van der Waals surface area contributed by atoms with Gasteiger partial charge in [0.05, 0.1) is 6.04 Å². The first-order chi connectivity index (χ1) is 8.54. The van der Waals surface area contributed by atoms with E-state index in [0.717, 1.165) is 16.9 Å². The van der Waals surface area contributed by atoms with Crippen molar-refractivity contribution in [2.75, 3.05) is 13.2 Å². The van der Waals surface area contributed by atoms with Gasteiger partial charge in [-0.2, -0.15) is 0 Å². The SMILES string of the molecule is Cc1ccc2c(c1C)OCC2NC(=O)C(C)CN.Cl. The van der Waals surface area contributed by atoms with Gasteiger partial charge in [0.2, 0.25) is 5.91 Å². The number of rotatable bonds is 3. The van der Waals surface area contributed by atoms with Gasteiger partial charge in [0.1, 0.15) is 12.4 Å². The Morgan fingerprint density at radius 3 is 2.84 bits per heavy atom. The van der Waals surface area contributed by atoms with Gasteiger partial charge in [0.15, 0.2) is 0 Å². The summed E-state index contributed by atoms with van der Waals surface area (Å²) < 4.78 is 5.69. The van der Waals surface area contributed by atoms with Crippen molar-refractivity contribution in [1.29, 1.82) is 0 Å². The van der Waals surface area contributed by atoms with Crippen LogP contribution in [-0.4, -0.2) is 19.1 Å². The van der Waals surface area contributed by atoms with E-state index in [-0.39, 0.29) is 30.3 Å². The fourth-order valence-corrected chi connectivity index (χ4v) is 2.07. The van der Waals surface area contributed by atoms with Crippen LogP contribution in [0.5, 0.6) is 5.75 Å². The normalized spacial score (nSPS) is 18.0. The first-order valence-electron chi connectivity index (χ1n) is 6.28. The second kappa shape index (κ2) is 6.26. The zero-order valence-electron chi connectivity index (χ0n) is 11.5. The summed E-state index contributed by atoms with van der Waals surface area (Å²) in [7, 11) is 0. The number of nitrogens with two attached hydrogens (primary N) is 1. The average Bonchev–Trinajstić information content (AvgIpc) is 2.76. The Labute approximate surface area is 120 Å². The van der Waals surface area contributed by atoms with Crippen LogP contribution in [0.25, 0.3) is 0 Å². The Bertz CT molecular complexity index is 477. The molecule has 0 spiro atoms. The second-order valence-electron chi connectivity index (χ2n) is 4.93. The molecule has 0 aromatic heterocycles. The van der Waals surface area contributed by atoms with Gasteiger partial charge in [-0.3, -0.25) is 4.79 Å². The predicted molar refractivity (Wildman–Crippen MR) is 77.8 cm³/mol. The number of benzene rings is 1. The Hall–Kier alpha value is -1.26. The first kappa shape index (κ1) is 15.8. The number of nitrogens with one attached hydrogen (secondary N) is 1. The van der Waals surface area contributed by atoms with Crippen molar-refractivity contribution in [2.24, 2.45) is 11.7 Å². The molecular weight excluding hydrogens is 264 g/mol. The van der Waals surface area contributed by atoms with Crippen LogP contribution in [0.2, 0.25) is 0 Å². The highest BCUT2D eigenvalue weighted by Crippen LogP contribution is 2.36. The van der Waals surface area contributed by atoms with Gasteiger partial charge in [-0.1, -0.05) is 19.1 Å². The minimum Gasteiger partial charge on any atom is -0.490 e. The molecule has 4 nitrogen and oxygen atoms in total. The largest absolute Gasteiger partial charge is 0.490 e. The number of halogens is 1. The van der Waals surface area contributed by atoms with Gasteiger partial charge < -0.3 is 15.8 Å². The highest BCUT2D eigenvalue weighted by Gasteiger charge is 2.28. The molecule has 1 heterocycles. The van der Waals surface area contributed by atoms with Crippen LogP contribution in [0.1, 0.15) is 29.7 Å². The van der Waals surface area contributed by atoms with Crippen LogP contribution >= 0.6 is 12.4 Å². The van der Waals surface area contributed by atoms with Crippen LogP contribution in [0, 0.1) is 19.8 Å². The highest BCUT2D eigenvalue weighted by molar-refractivity contribution is 5.85. The van der Waals surface area contributed by atoms with Gasteiger partial charge in [0.25, 0.3) is 0 Å². The Kier molecular flexibility index (Phi) is 5.20. The molecule has 0 fully saturated rings. The maximum Gasteiger partial charge on any atom is 0.224 e. The molecule has 1 amide bonds. The lowest BCUT2D eigenvalue weighted by Crippen LogP contribution is -2.36. The van der Waals surface area contributed by atoms with Gasteiger partial charge >= 0.3 is 0 Å². The molecule has 0 saturated heterocycles. The fourth-order valence-electron chi connectivity index (χ4n) is 2.07. The van der Waals surface area contributed by atoms with Crippen molar-refractivity contribution < 1.29 is 9.53 Å². The smallest absolute Gasteiger partial charge is 0.224 e. The third kappa shape index (κ3) is 3.01. The topological polar surface area (TPSA) is 64.3 Å². The first-order valence-corrected chi connectivity index (χ1v) is 6.28. The molecule has 0 aliphatic carbocycles. The van der Waals surface area contributed by atoms with E-state index in [1.807, 2.05) is 19.9 Å². The zero-order valence-corrected chi connectivity index (χ0v) is 12.3. The van der Waals surface area contributed by atoms with Crippen molar-refractivity contribution in [1.82, 2.24) is 5.32 Å². The number of hydrogen-bond donors (Lipinski definition) is 2. The predicted octanol–water partition coefficient (Wildman–Crippen LogP) is 1.87. The number of carbonyl (C=O) groups excluding carboxylic acids is 1. The van der Waals surface area contributed by atoms with Gasteiger partial charge in [0, 0.05) is 18.0 Å². The average molecular weight is 285 g/mol. The van der Waals surface area contributed by atoms with E-state index in [0.29, 0.717) is 13.2 Å². The maximum atomic E-state index is 11.8. The molecule has 2 atom stereocenters. The summed E-state index contributed by atoms with van der Waals surface area (Å²) in [6.45, 7) is 6.79. The van der Waals surface area contributed by atoms with Crippen LogP contribution in [0.15, 0.2) is 12.1 Å². The standard InChI is InChI=1S/C14H20N2O2.ClH/c1-8-4-5-11-12(7-18-13(11)10(8)3)16-14(17)9(2)6-15;/h4-5,9,12H,6-7,15H2,1-3H3,(H,16,17);1H. The molecule has 0 radical (unpaired) electrons. The van der Waals surface area contributed by atoms with Gasteiger partial charge in [-0.25, -0.2) is 0 Å². The van der Waals surface area contributed by atoms with Crippen molar-refractivity contribution in [2.45, 2.75) is 26.8 Å². The van der Waals surface area contributed by atoms with E-state index in [2.05, 4.69) is 18.3 Å². The molecule has 0 saturated carbocycles. The lowest BCUT2D eigenvalue weighted by Gasteiger charge is -2.15. The fraction of sp³-hybridized carbons (Fsp3) is 0.500. The van der Waals surface area contributed by atoms with Gasteiger partial charge in [-0.15, -0.1) is 12.4 Å². The van der Waals surface area contributed by atoms with Crippen molar-refractivity contribution >= 4 is 18.3 Å². The Morgan fingerprint density at radius 1 is 1.53 bits per heavy atom. The summed E-state index contributed by atoms with van der Waals surface area (Å²) in [4.78, 5) is 11.8. The van der Waals surface area contributed by atoms with Crippen molar-refractivity contribution in [3.8, 4) is 5.75 Å². The Balaban J connectivity index is 0.00000180. The van der Waals surface area contributed by atoms with Crippen molar-refractivity contribution in [3.05, 3.63) is 28.8 Å². The molecule has 1 aliphatic heterocycles. The highest BCUT2D eigenvalue weighted by atomic mass is 35.5. The summed E-state index contributed by atoms with van der Waals surface area (Å²) in [5, 5.41) is 2.99. The molecule has 106 valence electrons. The number of hydrogen-bond acceptors (Lipinski definition) is 3. The summed E-state index contributed by atoms with van der Waals surface area (Å²) in [6.07, 6.45) is 0. The third-order valence-electron chi connectivity index (χ3n) is 3.59. The molecule has 0 bridgehead atoms. The second-order valence-corrected chi connectivity index (χ2v) is 4.93. The van der Waals surface area contributed by atoms with Crippen LogP contribution in [0.4, 0.5) is 0 Å². The quantitative estimate of drug-likeness (QED) is 0.891. The van der Waals surface area contributed by atoms with Gasteiger partial charge in [-0.05, 0) is 25.0 Å².